The van der Waals surface area contributed by atoms with Gasteiger partial charge in [-0.05, 0) is 83.5 Å². The van der Waals surface area contributed by atoms with Gasteiger partial charge in [0.2, 0.25) is 0 Å². The highest BCUT2D eigenvalue weighted by atomic mass is 31.2. The Labute approximate surface area is 477 Å². The van der Waals surface area contributed by atoms with Crippen molar-refractivity contribution in [3.8, 4) is 0 Å². The molecule has 0 aliphatic heterocycles. The number of aliphatic hydroxyl groups is 1. The van der Waals surface area contributed by atoms with Gasteiger partial charge < -0.3 is 24.2 Å². The van der Waals surface area contributed by atoms with E-state index in [1.807, 2.05) is 12.2 Å². The number of esters is 3. The zero-order valence-corrected chi connectivity index (χ0v) is 50.8. The summed E-state index contributed by atoms with van der Waals surface area (Å²) >= 11 is 0. The molecule has 0 bridgehead atoms. The lowest BCUT2D eigenvalue weighted by Crippen LogP contribution is -2.30. The zero-order chi connectivity index (χ0) is 56.9. The monoisotopic (exact) mass is 1110 g/mol. The van der Waals surface area contributed by atoms with Crippen molar-refractivity contribution in [2.45, 2.75) is 290 Å². The van der Waals surface area contributed by atoms with Gasteiger partial charge in [-0.3, -0.25) is 23.4 Å². The number of allylic oxidation sites excluding steroid dienone is 14. The summed E-state index contributed by atoms with van der Waals surface area (Å²) < 4.78 is 39.5. The summed E-state index contributed by atoms with van der Waals surface area (Å²) in [6.07, 6.45) is 69.9. The third-order valence-electron chi connectivity index (χ3n) is 13.3. The largest absolute Gasteiger partial charge is 0.472 e. The average molecular weight is 1120 g/mol. The van der Waals surface area contributed by atoms with E-state index in [4.69, 9.17) is 23.3 Å². The second-order valence-electron chi connectivity index (χ2n) is 20.8. The highest BCUT2D eigenvalue weighted by Gasteiger charge is 2.28. The van der Waals surface area contributed by atoms with Crippen LogP contribution in [0, 0.1) is 0 Å². The van der Waals surface area contributed by atoms with Crippen LogP contribution in [0.2, 0.25) is 0 Å². The average Bonchev–Trinajstić information content (AvgIpc) is 3.43. The third-order valence-corrected chi connectivity index (χ3v) is 14.3. The SMILES string of the molecule is CC/C=C\C/C=C\C/C=C\C/C=C\C/C=C\C/C=C\CCC(=O)OC(COC(=O)CCCCCCC/C=C\CCCCCC)COP(=O)(O)OCC(CO)OC(=O)CCCCCCCCCCCCCCCCCCCCC. The predicted molar refractivity (Wildman–Crippen MR) is 325 cm³/mol. The molecule has 0 aliphatic carbocycles. The topological polar surface area (TPSA) is 155 Å². The number of unbranched alkanes of at least 4 members (excludes halogenated alkanes) is 27. The van der Waals surface area contributed by atoms with E-state index in [-0.39, 0.29) is 25.9 Å². The minimum absolute atomic E-state index is 0.0394. The van der Waals surface area contributed by atoms with E-state index in [9.17, 15) is 28.9 Å². The molecule has 3 atom stereocenters. The Morgan fingerprint density at radius 1 is 0.372 bits per heavy atom. The van der Waals surface area contributed by atoms with Gasteiger partial charge in [-0.1, -0.05) is 260 Å². The first-order valence-corrected chi connectivity index (χ1v) is 33.0. The summed E-state index contributed by atoms with van der Waals surface area (Å²) in [7, 11) is -4.77. The number of phosphoric acid groups is 1. The maximum absolute atomic E-state index is 12.9. The predicted octanol–water partition coefficient (Wildman–Crippen LogP) is 19.0. The highest BCUT2D eigenvalue weighted by molar-refractivity contribution is 7.47. The molecule has 0 heterocycles. The summed E-state index contributed by atoms with van der Waals surface area (Å²) in [6, 6.07) is 0. The molecule has 11 nitrogen and oxygen atoms in total. The van der Waals surface area contributed by atoms with Gasteiger partial charge in [-0.2, -0.15) is 0 Å². The summed E-state index contributed by atoms with van der Waals surface area (Å²) in [5.74, 6) is -1.57. The van der Waals surface area contributed by atoms with Gasteiger partial charge in [-0.15, -0.1) is 0 Å². The second-order valence-corrected chi connectivity index (χ2v) is 22.3. The Bertz CT molecular complexity index is 1630. The molecule has 0 amide bonds. The van der Waals surface area contributed by atoms with Crippen molar-refractivity contribution in [1.82, 2.24) is 0 Å². The molecular formula is C66H115O11P. The quantitative estimate of drug-likeness (QED) is 0.0197. The van der Waals surface area contributed by atoms with Gasteiger partial charge >= 0.3 is 25.7 Å². The first kappa shape index (κ1) is 74.7. The van der Waals surface area contributed by atoms with Crippen LogP contribution in [0.3, 0.4) is 0 Å². The third kappa shape index (κ3) is 57.3. The number of hydrogen-bond donors (Lipinski definition) is 2. The fourth-order valence-electron chi connectivity index (χ4n) is 8.55. The van der Waals surface area contributed by atoms with Gasteiger partial charge in [-0.25, -0.2) is 4.57 Å². The van der Waals surface area contributed by atoms with Crippen LogP contribution in [0.4, 0.5) is 0 Å². The molecule has 3 unspecified atom stereocenters. The van der Waals surface area contributed by atoms with E-state index in [1.165, 1.54) is 122 Å². The normalized spacial score (nSPS) is 13.9. The van der Waals surface area contributed by atoms with Crippen molar-refractivity contribution >= 4 is 25.7 Å². The van der Waals surface area contributed by atoms with Crippen LogP contribution in [0.5, 0.6) is 0 Å². The molecule has 0 aromatic heterocycles. The number of ether oxygens (including phenoxy) is 3. The molecule has 450 valence electrons. The Morgan fingerprint density at radius 3 is 1.12 bits per heavy atom. The molecule has 78 heavy (non-hydrogen) atoms. The molecule has 0 radical (unpaired) electrons. The molecule has 0 spiro atoms. The first-order chi connectivity index (χ1) is 38.2. The lowest BCUT2D eigenvalue weighted by Gasteiger charge is -2.21. The molecule has 2 N–H and O–H groups in total. The van der Waals surface area contributed by atoms with Crippen LogP contribution in [0.25, 0.3) is 0 Å². The molecule has 0 rings (SSSR count). The zero-order valence-electron chi connectivity index (χ0n) is 49.9. The molecule has 0 saturated heterocycles. The van der Waals surface area contributed by atoms with Gasteiger partial charge in [0.1, 0.15) is 12.7 Å². The van der Waals surface area contributed by atoms with E-state index in [0.717, 1.165) is 89.9 Å². The summed E-state index contributed by atoms with van der Waals surface area (Å²) in [6.45, 7) is 4.46. The van der Waals surface area contributed by atoms with E-state index in [1.54, 1.807) is 0 Å². The van der Waals surface area contributed by atoms with Gasteiger partial charge in [0.05, 0.1) is 19.8 Å². The molecule has 0 aliphatic rings. The van der Waals surface area contributed by atoms with Gasteiger partial charge in [0.25, 0.3) is 0 Å². The smallest absolute Gasteiger partial charge is 0.462 e. The Morgan fingerprint density at radius 2 is 0.692 bits per heavy atom. The number of carbonyl (C=O) groups excluding carboxylic acids is 3. The van der Waals surface area contributed by atoms with Crippen LogP contribution in [0.15, 0.2) is 85.1 Å². The molecular weight excluding hydrogens is 1000 g/mol. The molecule has 12 heteroatoms. The van der Waals surface area contributed by atoms with Crippen molar-refractivity contribution in [2.24, 2.45) is 0 Å². The highest BCUT2D eigenvalue weighted by Crippen LogP contribution is 2.43. The fraction of sp³-hybridized carbons (Fsp3) is 0.742. The van der Waals surface area contributed by atoms with Gasteiger partial charge in [0.15, 0.2) is 6.10 Å². The Balaban J connectivity index is 4.74. The summed E-state index contributed by atoms with van der Waals surface area (Å²) in [4.78, 5) is 48.6. The molecule has 0 saturated carbocycles. The van der Waals surface area contributed by atoms with Gasteiger partial charge in [0, 0.05) is 19.3 Å². The maximum atomic E-state index is 12.9. The second kappa shape index (κ2) is 59.8. The number of hydrogen-bond acceptors (Lipinski definition) is 10. The molecule has 0 fully saturated rings. The Kier molecular flexibility index (Phi) is 57.2. The lowest BCUT2D eigenvalue weighted by molar-refractivity contribution is -0.161. The number of phosphoric ester groups is 1. The van der Waals surface area contributed by atoms with Crippen LogP contribution in [-0.4, -0.2) is 66.5 Å². The fourth-order valence-corrected chi connectivity index (χ4v) is 9.34. The van der Waals surface area contributed by atoms with Crippen molar-refractivity contribution in [3.05, 3.63) is 85.1 Å². The first-order valence-electron chi connectivity index (χ1n) is 31.5. The van der Waals surface area contributed by atoms with Crippen molar-refractivity contribution in [2.75, 3.05) is 26.4 Å². The van der Waals surface area contributed by atoms with E-state index in [0.29, 0.717) is 25.7 Å². The minimum atomic E-state index is -4.77. The van der Waals surface area contributed by atoms with Crippen LogP contribution in [0.1, 0.15) is 278 Å². The Hall–Kier alpha value is -3.34. The van der Waals surface area contributed by atoms with Crippen LogP contribution >= 0.6 is 7.82 Å². The lowest BCUT2D eigenvalue weighted by atomic mass is 10.0. The molecule has 0 aromatic rings. The molecule has 0 aromatic carbocycles. The van der Waals surface area contributed by atoms with Crippen molar-refractivity contribution in [3.63, 3.8) is 0 Å². The van der Waals surface area contributed by atoms with Crippen molar-refractivity contribution < 1.29 is 52.2 Å². The van der Waals surface area contributed by atoms with E-state index in [2.05, 4.69) is 93.7 Å². The maximum Gasteiger partial charge on any atom is 0.472 e. The number of carbonyl (C=O) groups is 3. The standard InChI is InChI=1S/C66H115O11P/c1-4-7-10-13-16-19-22-25-27-29-31-33-35-38-41-44-47-50-53-56-65(69)76-62(58-67)60-74-78(71,72)75-61-63(59-73-64(68)55-52-49-46-43-40-37-24-21-18-15-12-9-6-3)77-66(70)57-54-51-48-45-42-39-36-34-32-30-28-26-23-20-17-14-11-8-5-2/h8,11,17,20-21,24,26,28,32,34,39,42,48,51,62-63,67H,4-7,9-10,12-16,18-19,22-23,25,27,29-31,33,35-38,40-41,43-47,49-50,52-61H2,1-3H3,(H,71,72)/b11-8-,20-17-,24-21-,28-26-,34-32-,42-39-,51-48-. The summed E-state index contributed by atoms with van der Waals surface area (Å²) in [5.41, 5.74) is 0. The number of rotatable bonds is 58. The van der Waals surface area contributed by atoms with Crippen LogP contribution in [-0.2, 0) is 42.2 Å². The summed E-state index contributed by atoms with van der Waals surface area (Å²) in [5, 5.41) is 9.85. The van der Waals surface area contributed by atoms with Crippen LogP contribution < -0.4 is 0 Å². The van der Waals surface area contributed by atoms with E-state index >= 15 is 0 Å². The minimum Gasteiger partial charge on any atom is -0.462 e. The number of aliphatic hydroxyl groups excluding tert-OH is 1. The van der Waals surface area contributed by atoms with Crippen molar-refractivity contribution in [1.29, 1.82) is 0 Å². The van der Waals surface area contributed by atoms with E-state index < -0.39 is 57.8 Å².